The van der Waals surface area contributed by atoms with Crippen LogP contribution in [0.15, 0.2) is 24.3 Å². The van der Waals surface area contributed by atoms with Crippen LogP contribution >= 0.6 is 0 Å². The van der Waals surface area contributed by atoms with Crippen molar-refractivity contribution in [3.05, 3.63) is 29.8 Å². The number of nitrogens with one attached hydrogen (secondary N) is 1. The van der Waals surface area contributed by atoms with Crippen molar-refractivity contribution >= 4 is 5.69 Å². The molecule has 88 valence electrons. The van der Waals surface area contributed by atoms with Gasteiger partial charge in [0.05, 0.1) is 0 Å². The van der Waals surface area contributed by atoms with Gasteiger partial charge in [0.2, 0.25) is 0 Å². The quantitative estimate of drug-likeness (QED) is 0.835. The normalized spacial score (nSPS) is 20.0. The molecule has 0 amide bonds. The van der Waals surface area contributed by atoms with Crippen molar-refractivity contribution in [3.63, 3.8) is 0 Å². The van der Waals surface area contributed by atoms with Gasteiger partial charge < -0.3 is 10.2 Å². The maximum atomic E-state index is 3.55. The average molecular weight is 218 g/mol. The molecule has 0 aliphatic carbocycles. The molecule has 2 nitrogen and oxygen atoms in total. The molecule has 1 unspecified atom stereocenters. The molecule has 1 heterocycles. The van der Waals surface area contributed by atoms with Crippen LogP contribution in [0.3, 0.4) is 0 Å². The minimum Gasteiger partial charge on any atom is -0.374 e. The summed E-state index contributed by atoms with van der Waals surface area (Å²) >= 11 is 0. The molecule has 0 spiro atoms. The fraction of sp³-hybridized carbons (Fsp3) is 0.571. The summed E-state index contributed by atoms with van der Waals surface area (Å²) < 4.78 is 0. The fourth-order valence-corrected chi connectivity index (χ4v) is 2.46. The molecule has 1 aromatic rings. The highest BCUT2D eigenvalue weighted by atomic mass is 15.1. The van der Waals surface area contributed by atoms with E-state index in [1.54, 1.807) is 0 Å². The van der Waals surface area contributed by atoms with Gasteiger partial charge >= 0.3 is 0 Å². The molecular formula is C14H22N2. The first kappa shape index (κ1) is 11.5. The number of hydrogen-bond acceptors (Lipinski definition) is 2. The number of aryl methyl sites for hydroxylation is 1. The van der Waals surface area contributed by atoms with Crippen LogP contribution in [-0.2, 0) is 0 Å². The Hall–Kier alpha value is -1.02. The lowest BCUT2D eigenvalue weighted by Gasteiger charge is -2.23. The van der Waals surface area contributed by atoms with E-state index in [4.69, 9.17) is 0 Å². The highest BCUT2D eigenvalue weighted by molar-refractivity contribution is 5.52. The SMILES string of the molecule is Cc1ccccc1N(C)CCC1CCCN1. The first-order chi connectivity index (χ1) is 7.77. The average Bonchev–Trinajstić information content (AvgIpc) is 2.79. The Kier molecular flexibility index (Phi) is 3.83. The maximum absolute atomic E-state index is 3.55. The number of para-hydroxylation sites is 1. The highest BCUT2D eigenvalue weighted by Gasteiger charge is 2.14. The zero-order valence-corrected chi connectivity index (χ0v) is 10.4. The first-order valence-corrected chi connectivity index (χ1v) is 6.27. The van der Waals surface area contributed by atoms with Gasteiger partial charge in [0.25, 0.3) is 0 Å². The highest BCUT2D eigenvalue weighted by Crippen LogP contribution is 2.19. The van der Waals surface area contributed by atoms with E-state index in [-0.39, 0.29) is 0 Å². The van der Waals surface area contributed by atoms with Crippen molar-refractivity contribution in [1.29, 1.82) is 0 Å². The zero-order chi connectivity index (χ0) is 11.4. The summed E-state index contributed by atoms with van der Waals surface area (Å²) in [6, 6.07) is 9.35. The zero-order valence-electron chi connectivity index (χ0n) is 10.4. The molecular weight excluding hydrogens is 196 g/mol. The van der Waals surface area contributed by atoms with E-state index >= 15 is 0 Å². The summed E-state index contributed by atoms with van der Waals surface area (Å²) in [4.78, 5) is 2.37. The number of hydrogen-bond donors (Lipinski definition) is 1. The standard InChI is InChI=1S/C14H22N2/c1-12-6-3-4-8-14(12)16(2)11-9-13-7-5-10-15-13/h3-4,6,8,13,15H,5,7,9-11H2,1-2H3. The lowest BCUT2D eigenvalue weighted by atomic mass is 10.1. The van der Waals surface area contributed by atoms with Crippen molar-refractivity contribution < 1.29 is 0 Å². The van der Waals surface area contributed by atoms with Crippen LogP contribution in [0.5, 0.6) is 0 Å². The van der Waals surface area contributed by atoms with E-state index in [0.717, 1.165) is 12.6 Å². The molecule has 0 bridgehead atoms. The Labute approximate surface area is 98.7 Å². The molecule has 0 saturated carbocycles. The van der Waals surface area contributed by atoms with E-state index in [1.165, 1.54) is 37.1 Å². The van der Waals surface area contributed by atoms with Gasteiger partial charge in [0, 0.05) is 25.3 Å². The van der Waals surface area contributed by atoms with Gasteiger partial charge in [-0.3, -0.25) is 0 Å². The van der Waals surface area contributed by atoms with Gasteiger partial charge in [-0.05, 0) is 44.4 Å². The second-order valence-electron chi connectivity index (χ2n) is 4.79. The topological polar surface area (TPSA) is 15.3 Å². The second kappa shape index (κ2) is 5.35. The first-order valence-electron chi connectivity index (χ1n) is 6.27. The van der Waals surface area contributed by atoms with E-state index in [1.807, 2.05) is 0 Å². The molecule has 16 heavy (non-hydrogen) atoms. The Bertz CT molecular complexity index is 329. The van der Waals surface area contributed by atoms with Crippen molar-refractivity contribution in [1.82, 2.24) is 5.32 Å². The minimum absolute atomic E-state index is 0.742. The van der Waals surface area contributed by atoms with E-state index < -0.39 is 0 Å². The molecule has 1 fully saturated rings. The van der Waals surface area contributed by atoms with Crippen molar-refractivity contribution in [2.24, 2.45) is 0 Å². The third kappa shape index (κ3) is 2.76. The molecule has 2 heteroatoms. The lowest BCUT2D eigenvalue weighted by molar-refractivity contribution is 0.559. The van der Waals surface area contributed by atoms with Gasteiger partial charge in [-0.2, -0.15) is 0 Å². The van der Waals surface area contributed by atoms with E-state index in [0.29, 0.717) is 0 Å². The van der Waals surface area contributed by atoms with Gasteiger partial charge in [0.15, 0.2) is 0 Å². The lowest BCUT2D eigenvalue weighted by Crippen LogP contribution is -2.28. The third-order valence-corrected chi connectivity index (χ3v) is 3.50. The predicted molar refractivity (Wildman–Crippen MR) is 70.1 cm³/mol. The Morgan fingerprint density at radius 3 is 2.88 bits per heavy atom. The van der Waals surface area contributed by atoms with Crippen molar-refractivity contribution in [2.45, 2.75) is 32.2 Å². The number of anilines is 1. The summed E-state index contributed by atoms with van der Waals surface area (Å²) in [5.41, 5.74) is 2.73. The van der Waals surface area contributed by atoms with Crippen LogP contribution in [0.2, 0.25) is 0 Å². The minimum atomic E-state index is 0.742. The Morgan fingerprint density at radius 2 is 2.19 bits per heavy atom. The van der Waals surface area contributed by atoms with Crippen LogP contribution in [0.4, 0.5) is 5.69 Å². The van der Waals surface area contributed by atoms with Gasteiger partial charge in [-0.1, -0.05) is 18.2 Å². The van der Waals surface area contributed by atoms with Crippen molar-refractivity contribution in [2.75, 3.05) is 25.0 Å². The maximum Gasteiger partial charge on any atom is 0.0393 e. The largest absolute Gasteiger partial charge is 0.374 e. The fourth-order valence-electron chi connectivity index (χ4n) is 2.46. The molecule has 0 radical (unpaired) electrons. The molecule has 2 rings (SSSR count). The smallest absolute Gasteiger partial charge is 0.0393 e. The van der Waals surface area contributed by atoms with E-state index in [2.05, 4.69) is 48.5 Å². The van der Waals surface area contributed by atoms with Crippen molar-refractivity contribution in [3.8, 4) is 0 Å². The summed E-state index contributed by atoms with van der Waals surface area (Å²) in [7, 11) is 2.19. The summed E-state index contributed by atoms with van der Waals surface area (Å²) in [6.45, 7) is 4.53. The molecule has 1 aliphatic heterocycles. The van der Waals surface area contributed by atoms with Crippen LogP contribution in [0.1, 0.15) is 24.8 Å². The van der Waals surface area contributed by atoms with Crippen LogP contribution in [0, 0.1) is 6.92 Å². The third-order valence-electron chi connectivity index (χ3n) is 3.50. The molecule has 0 aromatic heterocycles. The second-order valence-corrected chi connectivity index (χ2v) is 4.79. The van der Waals surface area contributed by atoms with Crippen LogP contribution in [0.25, 0.3) is 0 Å². The van der Waals surface area contributed by atoms with Gasteiger partial charge in [-0.25, -0.2) is 0 Å². The summed E-state index contributed by atoms with van der Waals surface area (Å²) in [5.74, 6) is 0. The molecule has 1 saturated heterocycles. The summed E-state index contributed by atoms with van der Waals surface area (Å²) in [6.07, 6.45) is 3.95. The summed E-state index contributed by atoms with van der Waals surface area (Å²) in [5, 5.41) is 3.55. The van der Waals surface area contributed by atoms with Gasteiger partial charge in [-0.15, -0.1) is 0 Å². The predicted octanol–water partition coefficient (Wildman–Crippen LogP) is 2.57. The Morgan fingerprint density at radius 1 is 1.38 bits per heavy atom. The molecule has 1 N–H and O–H groups in total. The van der Waals surface area contributed by atoms with Gasteiger partial charge in [0.1, 0.15) is 0 Å². The van der Waals surface area contributed by atoms with Crippen LogP contribution in [-0.4, -0.2) is 26.2 Å². The Balaban J connectivity index is 1.87. The van der Waals surface area contributed by atoms with Crippen LogP contribution < -0.4 is 10.2 Å². The van der Waals surface area contributed by atoms with E-state index in [9.17, 15) is 0 Å². The molecule has 1 aromatic carbocycles. The number of rotatable bonds is 4. The number of benzene rings is 1. The number of nitrogens with zero attached hydrogens (tertiary/aromatic N) is 1. The molecule has 1 atom stereocenters. The molecule has 1 aliphatic rings. The monoisotopic (exact) mass is 218 g/mol.